The largest absolute Gasteiger partial charge is 0.495 e. The van der Waals surface area contributed by atoms with E-state index in [-0.39, 0.29) is 16.3 Å². The fourth-order valence-electron chi connectivity index (χ4n) is 2.60. The van der Waals surface area contributed by atoms with Gasteiger partial charge in [-0.05, 0) is 31.7 Å². The molecule has 0 radical (unpaired) electrons. The van der Waals surface area contributed by atoms with Gasteiger partial charge in [-0.3, -0.25) is 9.89 Å². The van der Waals surface area contributed by atoms with Gasteiger partial charge in [-0.2, -0.15) is 0 Å². The highest BCUT2D eigenvalue weighted by Gasteiger charge is 2.20. The number of methoxy groups -OCH3 is 1. The molecule has 0 bridgehead atoms. The minimum Gasteiger partial charge on any atom is -0.495 e. The smallest absolute Gasteiger partial charge is 0.274 e. The summed E-state index contributed by atoms with van der Waals surface area (Å²) in [7, 11) is 1.45. The van der Waals surface area contributed by atoms with Crippen molar-refractivity contribution in [1.29, 1.82) is 0 Å². The topological polar surface area (TPSA) is 47.0 Å². The summed E-state index contributed by atoms with van der Waals surface area (Å²) in [4.78, 5) is 12.3. The molecule has 1 aromatic heterocycles. The van der Waals surface area contributed by atoms with Crippen LogP contribution in [0, 0.1) is 5.82 Å². The summed E-state index contributed by atoms with van der Waals surface area (Å²) in [5, 5.41) is 3.17. The van der Waals surface area contributed by atoms with E-state index in [4.69, 9.17) is 16.3 Å². The SMILES string of the molecule is COc1cc(-n2[nH]c3c(c2=O)CCCC3)c(F)cc1Cl. The number of aryl methyl sites for hydroxylation is 1. The maximum absolute atomic E-state index is 14.1. The van der Waals surface area contributed by atoms with Gasteiger partial charge in [0.2, 0.25) is 0 Å². The van der Waals surface area contributed by atoms with Gasteiger partial charge in [0.25, 0.3) is 5.56 Å². The lowest BCUT2D eigenvalue weighted by molar-refractivity contribution is 0.413. The third-order valence-electron chi connectivity index (χ3n) is 3.64. The quantitative estimate of drug-likeness (QED) is 0.926. The van der Waals surface area contributed by atoms with Crippen LogP contribution in [0.1, 0.15) is 24.1 Å². The van der Waals surface area contributed by atoms with Crippen LogP contribution in [0.5, 0.6) is 5.75 Å². The van der Waals surface area contributed by atoms with E-state index in [1.54, 1.807) is 0 Å². The van der Waals surface area contributed by atoms with Crippen LogP contribution in [0.15, 0.2) is 16.9 Å². The Balaban J connectivity index is 2.19. The van der Waals surface area contributed by atoms with E-state index in [0.717, 1.165) is 43.0 Å². The van der Waals surface area contributed by atoms with Crippen molar-refractivity contribution in [3.8, 4) is 11.4 Å². The maximum atomic E-state index is 14.1. The highest BCUT2D eigenvalue weighted by atomic mass is 35.5. The van der Waals surface area contributed by atoms with E-state index in [1.807, 2.05) is 0 Å². The van der Waals surface area contributed by atoms with Gasteiger partial charge in [-0.25, -0.2) is 9.07 Å². The molecule has 20 heavy (non-hydrogen) atoms. The molecule has 0 saturated heterocycles. The molecule has 1 aliphatic carbocycles. The summed E-state index contributed by atoms with van der Waals surface area (Å²) in [5.41, 5.74) is 1.59. The van der Waals surface area contributed by atoms with Gasteiger partial charge in [0.05, 0.1) is 12.1 Å². The summed E-state index contributed by atoms with van der Waals surface area (Å²) in [6, 6.07) is 2.59. The highest BCUT2D eigenvalue weighted by Crippen LogP contribution is 2.29. The molecule has 0 spiro atoms. The number of benzene rings is 1. The van der Waals surface area contributed by atoms with E-state index in [0.29, 0.717) is 5.75 Å². The fourth-order valence-corrected chi connectivity index (χ4v) is 2.83. The summed E-state index contributed by atoms with van der Waals surface area (Å²) < 4.78 is 20.4. The molecule has 1 heterocycles. The van der Waals surface area contributed by atoms with Gasteiger partial charge >= 0.3 is 0 Å². The predicted molar refractivity (Wildman–Crippen MR) is 74.6 cm³/mol. The number of rotatable bonds is 2. The third kappa shape index (κ3) is 2.02. The summed E-state index contributed by atoms with van der Waals surface area (Å²) in [5.74, 6) is -0.223. The highest BCUT2D eigenvalue weighted by molar-refractivity contribution is 6.32. The van der Waals surface area contributed by atoms with E-state index in [1.165, 1.54) is 17.9 Å². The number of halogens is 2. The number of nitrogens with one attached hydrogen (secondary N) is 1. The lowest BCUT2D eigenvalue weighted by Gasteiger charge is -2.08. The van der Waals surface area contributed by atoms with Gasteiger partial charge < -0.3 is 4.74 Å². The van der Waals surface area contributed by atoms with Crippen LogP contribution in [0.3, 0.4) is 0 Å². The van der Waals surface area contributed by atoms with Crippen molar-refractivity contribution in [2.24, 2.45) is 0 Å². The standard InChI is InChI=1S/C14H14ClFN2O2/c1-20-13-7-12(10(16)6-9(13)15)18-14(19)8-4-2-3-5-11(8)17-18/h6-7,17H,2-5H2,1H3. The van der Waals surface area contributed by atoms with Gasteiger partial charge in [0, 0.05) is 17.3 Å². The van der Waals surface area contributed by atoms with Crippen LogP contribution in [0.2, 0.25) is 5.02 Å². The Labute approximate surface area is 120 Å². The Morgan fingerprint density at radius 2 is 2.10 bits per heavy atom. The van der Waals surface area contributed by atoms with Gasteiger partial charge in [-0.1, -0.05) is 11.6 Å². The van der Waals surface area contributed by atoms with E-state index in [2.05, 4.69) is 5.10 Å². The van der Waals surface area contributed by atoms with Crippen LogP contribution in [0.4, 0.5) is 4.39 Å². The third-order valence-corrected chi connectivity index (χ3v) is 3.93. The molecule has 1 aliphatic rings. The second-order valence-electron chi connectivity index (χ2n) is 4.85. The number of hydrogen-bond acceptors (Lipinski definition) is 2. The van der Waals surface area contributed by atoms with Crippen LogP contribution < -0.4 is 10.3 Å². The molecular weight excluding hydrogens is 283 g/mol. The van der Waals surface area contributed by atoms with Crippen LogP contribution >= 0.6 is 11.6 Å². The Bertz CT molecular complexity index is 721. The van der Waals surface area contributed by atoms with Gasteiger partial charge in [-0.15, -0.1) is 0 Å². The molecule has 3 rings (SSSR count). The second kappa shape index (κ2) is 4.98. The first kappa shape index (κ1) is 13.2. The molecule has 2 aromatic rings. The zero-order chi connectivity index (χ0) is 14.3. The molecule has 106 valence electrons. The molecular formula is C14H14ClFN2O2. The first-order chi connectivity index (χ1) is 9.61. The lowest BCUT2D eigenvalue weighted by Crippen LogP contribution is -2.19. The first-order valence-corrected chi connectivity index (χ1v) is 6.86. The van der Waals surface area contributed by atoms with Crippen LogP contribution in [-0.4, -0.2) is 16.9 Å². The Kier molecular flexibility index (Phi) is 3.30. The van der Waals surface area contributed by atoms with Gasteiger partial charge in [0.1, 0.15) is 11.4 Å². The molecule has 1 N–H and O–H groups in total. The molecule has 0 saturated carbocycles. The number of nitrogens with zero attached hydrogens (tertiary/aromatic N) is 1. The minimum atomic E-state index is -0.559. The van der Waals surface area contributed by atoms with Crippen molar-refractivity contribution in [3.05, 3.63) is 44.6 Å². The van der Waals surface area contributed by atoms with Crippen molar-refractivity contribution in [3.63, 3.8) is 0 Å². The normalized spacial score (nSPS) is 14.2. The van der Waals surface area contributed by atoms with Gasteiger partial charge in [0.15, 0.2) is 5.82 Å². The first-order valence-electron chi connectivity index (χ1n) is 6.48. The van der Waals surface area contributed by atoms with Crippen molar-refractivity contribution in [1.82, 2.24) is 9.78 Å². The summed E-state index contributed by atoms with van der Waals surface area (Å²) >= 11 is 5.87. The molecule has 0 amide bonds. The summed E-state index contributed by atoms with van der Waals surface area (Å²) in [6.45, 7) is 0. The molecule has 0 unspecified atom stereocenters. The number of fused-ring (bicyclic) bond motifs is 1. The zero-order valence-corrected chi connectivity index (χ0v) is 11.8. The monoisotopic (exact) mass is 296 g/mol. The summed E-state index contributed by atoms with van der Waals surface area (Å²) in [6.07, 6.45) is 3.60. The number of H-pyrrole nitrogens is 1. The van der Waals surface area contributed by atoms with E-state index in [9.17, 15) is 9.18 Å². The average molecular weight is 297 g/mol. The Morgan fingerprint density at radius 1 is 1.35 bits per heavy atom. The van der Waals surface area contributed by atoms with E-state index >= 15 is 0 Å². The van der Waals surface area contributed by atoms with E-state index < -0.39 is 5.82 Å². The molecule has 6 heteroatoms. The number of aromatic amines is 1. The molecule has 4 nitrogen and oxygen atoms in total. The number of ether oxygens (including phenoxy) is 1. The second-order valence-corrected chi connectivity index (χ2v) is 5.26. The predicted octanol–water partition coefficient (Wildman–Crippen LogP) is 2.85. The molecule has 0 fully saturated rings. The van der Waals surface area contributed by atoms with Crippen molar-refractivity contribution >= 4 is 11.6 Å². The molecule has 0 aliphatic heterocycles. The van der Waals surface area contributed by atoms with Crippen molar-refractivity contribution < 1.29 is 9.13 Å². The van der Waals surface area contributed by atoms with Crippen molar-refractivity contribution in [2.45, 2.75) is 25.7 Å². The molecule has 1 aromatic carbocycles. The average Bonchev–Trinajstić information content (AvgIpc) is 2.77. The number of hydrogen-bond donors (Lipinski definition) is 1. The fraction of sp³-hybridized carbons (Fsp3) is 0.357. The van der Waals surface area contributed by atoms with Crippen molar-refractivity contribution in [2.75, 3.05) is 7.11 Å². The number of aromatic nitrogens is 2. The van der Waals surface area contributed by atoms with Crippen LogP contribution in [0.25, 0.3) is 5.69 Å². The lowest BCUT2D eigenvalue weighted by atomic mass is 9.98. The Morgan fingerprint density at radius 3 is 2.80 bits per heavy atom. The maximum Gasteiger partial charge on any atom is 0.274 e. The minimum absolute atomic E-state index is 0.130. The zero-order valence-electron chi connectivity index (χ0n) is 11.0. The van der Waals surface area contributed by atoms with Crippen LogP contribution in [-0.2, 0) is 12.8 Å². The molecule has 0 atom stereocenters. The Hall–Kier alpha value is -1.75.